The molecule has 3 atom stereocenters. The molecule has 0 spiro atoms. The first kappa shape index (κ1) is 13.4. The maximum atomic E-state index is 9.87. The fraction of sp³-hybridized carbons (Fsp3) is 0.625. The number of rotatable bonds is 3. The summed E-state index contributed by atoms with van der Waals surface area (Å²) in [6.45, 7) is 6.89. The van der Waals surface area contributed by atoms with Crippen molar-refractivity contribution < 1.29 is 5.11 Å². The van der Waals surface area contributed by atoms with E-state index in [2.05, 4.69) is 50.4 Å². The molecule has 1 aromatic carbocycles. The van der Waals surface area contributed by atoms with Gasteiger partial charge in [0, 0.05) is 5.69 Å². The van der Waals surface area contributed by atoms with Crippen molar-refractivity contribution in [1.29, 1.82) is 0 Å². The summed E-state index contributed by atoms with van der Waals surface area (Å²) >= 11 is 0. The van der Waals surface area contributed by atoms with Gasteiger partial charge in [-0.25, -0.2) is 0 Å². The second-order valence-corrected chi connectivity index (χ2v) is 6.09. The molecule has 1 saturated carbocycles. The first-order valence-corrected chi connectivity index (χ1v) is 7.01. The highest BCUT2D eigenvalue weighted by molar-refractivity contribution is 5.48. The molecule has 3 unspecified atom stereocenters. The number of benzene rings is 1. The lowest BCUT2D eigenvalue weighted by Crippen LogP contribution is -2.51. The van der Waals surface area contributed by atoms with Crippen LogP contribution in [0.1, 0.15) is 38.7 Å². The topological polar surface area (TPSA) is 32.3 Å². The van der Waals surface area contributed by atoms with E-state index in [9.17, 15) is 5.11 Å². The first-order chi connectivity index (χ1) is 8.55. The molecular formula is C16H25NO. The zero-order chi connectivity index (χ0) is 13.2. The smallest absolute Gasteiger partial charge is 0.0664 e. The molecule has 2 rings (SSSR count). The Kier molecular flexibility index (Phi) is 3.96. The Balaban J connectivity index is 2.18. The van der Waals surface area contributed by atoms with Gasteiger partial charge in [0.25, 0.3) is 0 Å². The van der Waals surface area contributed by atoms with Crippen molar-refractivity contribution in [3.8, 4) is 0 Å². The first-order valence-electron chi connectivity index (χ1n) is 7.01. The van der Waals surface area contributed by atoms with Crippen LogP contribution in [0.4, 0.5) is 5.69 Å². The molecule has 0 aromatic heterocycles. The summed E-state index contributed by atoms with van der Waals surface area (Å²) in [6.07, 6.45) is 3.45. The minimum atomic E-state index is -0.139. The van der Waals surface area contributed by atoms with Crippen molar-refractivity contribution in [2.75, 3.05) is 11.9 Å². The van der Waals surface area contributed by atoms with Gasteiger partial charge < -0.3 is 10.4 Å². The number of aliphatic hydroxyl groups excluding tert-OH is 1. The minimum absolute atomic E-state index is 0.139. The highest BCUT2D eigenvalue weighted by atomic mass is 16.3. The van der Waals surface area contributed by atoms with Gasteiger partial charge in [-0.15, -0.1) is 0 Å². The number of anilines is 1. The van der Waals surface area contributed by atoms with Crippen molar-refractivity contribution in [3.63, 3.8) is 0 Å². The van der Waals surface area contributed by atoms with Crippen molar-refractivity contribution in [3.05, 3.63) is 29.8 Å². The van der Waals surface area contributed by atoms with Crippen LogP contribution in [0.15, 0.2) is 24.3 Å². The van der Waals surface area contributed by atoms with Crippen LogP contribution in [0.2, 0.25) is 0 Å². The quantitative estimate of drug-likeness (QED) is 0.855. The van der Waals surface area contributed by atoms with E-state index in [1.807, 2.05) is 0 Å². The average Bonchev–Trinajstić information content (AvgIpc) is 2.33. The summed E-state index contributed by atoms with van der Waals surface area (Å²) in [5, 5.41) is 13.5. The van der Waals surface area contributed by atoms with Gasteiger partial charge in [0.15, 0.2) is 0 Å². The molecule has 18 heavy (non-hydrogen) atoms. The highest BCUT2D eigenvalue weighted by Gasteiger charge is 2.39. The van der Waals surface area contributed by atoms with Gasteiger partial charge in [-0.2, -0.15) is 0 Å². The Hall–Kier alpha value is -1.02. The van der Waals surface area contributed by atoms with Crippen LogP contribution in [0.25, 0.3) is 0 Å². The molecule has 0 amide bonds. The molecule has 1 aliphatic carbocycles. The minimum Gasteiger partial charge on any atom is -0.394 e. The molecule has 100 valence electrons. The lowest BCUT2D eigenvalue weighted by Gasteiger charge is -2.45. The van der Waals surface area contributed by atoms with Crippen molar-refractivity contribution in [2.45, 2.75) is 45.6 Å². The maximum Gasteiger partial charge on any atom is 0.0664 e. The molecule has 2 N–H and O–H groups in total. The average molecular weight is 247 g/mol. The lowest BCUT2D eigenvalue weighted by molar-refractivity contribution is 0.106. The fourth-order valence-corrected chi connectivity index (χ4v) is 3.17. The summed E-state index contributed by atoms with van der Waals surface area (Å²) in [7, 11) is 0. The summed E-state index contributed by atoms with van der Waals surface area (Å²) in [5.74, 6) is 1.28. The largest absolute Gasteiger partial charge is 0.394 e. The van der Waals surface area contributed by atoms with Crippen LogP contribution >= 0.6 is 0 Å². The standard InChI is InChI=1S/C16H25NO/c1-12-5-4-6-15(10-12)17-16(11-18)8-7-13(2)9-14(16)3/h4-6,10,13-14,17-18H,7-9,11H2,1-3H3. The van der Waals surface area contributed by atoms with E-state index in [1.54, 1.807) is 0 Å². The van der Waals surface area contributed by atoms with E-state index in [1.165, 1.54) is 18.4 Å². The monoisotopic (exact) mass is 247 g/mol. The van der Waals surface area contributed by atoms with Gasteiger partial charge in [-0.3, -0.25) is 0 Å². The van der Waals surface area contributed by atoms with Crippen molar-refractivity contribution in [2.24, 2.45) is 11.8 Å². The number of aryl methyl sites for hydroxylation is 1. The summed E-state index contributed by atoms with van der Waals surface area (Å²) in [4.78, 5) is 0. The molecule has 0 radical (unpaired) electrons. The third-order valence-corrected chi connectivity index (χ3v) is 4.48. The van der Waals surface area contributed by atoms with Gasteiger partial charge in [0.1, 0.15) is 0 Å². The third-order valence-electron chi connectivity index (χ3n) is 4.48. The second kappa shape index (κ2) is 5.31. The van der Waals surface area contributed by atoms with Crippen LogP contribution in [-0.4, -0.2) is 17.3 Å². The van der Waals surface area contributed by atoms with Crippen LogP contribution in [0.3, 0.4) is 0 Å². The van der Waals surface area contributed by atoms with E-state index in [4.69, 9.17) is 0 Å². The molecule has 0 bridgehead atoms. The van der Waals surface area contributed by atoms with E-state index >= 15 is 0 Å². The molecule has 0 aliphatic heterocycles. The summed E-state index contributed by atoms with van der Waals surface area (Å²) in [5.41, 5.74) is 2.25. The van der Waals surface area contributed by atoms with Crippen molar-refractivity contribution in [1.82, 2.24) is 0 Å². The van der Waals surface area contributed by atoms with Crippen LogP contribution in [0.5, 0.6) is 0 Å². The predicted molar refractivity (Wildman–Crippen MR) is 76.8 cm³/mol. The molecule has 1 fully saturated rings. The van der Waals surface area contributed by atoms with E-state index < -0.39 is 0 Å². The van der Waals surface area contributed by atoms with Crippen LogP contribution < -0.4 is 5.32 Å². The normalized spacial score (nSPS) is 32.2. The van der Waals surface area contributed by atoms with E-state index in [0.717, 1.165) is 18.0 Å². The van der Waals surface area contributed by atoms with E-state index in [-0.39, 0.29) is 12.1 Å². The second-order valence-electron chi connectivity index (χ2n) is 6.09. The third kappa shape index (κ3) is 2.69. The van der Waals surface area contributed by atoms with Gasteiger partial charge >= 0.3 is 0 Å². The zero-order valence-electron chi connectivity index (χ0n) is 11.7. The molecule has 2 nitrogen and oxygen atoms in total. The lowest BCUT2D eigenvalue weighted by atomic mass is 9.70. The van der Waals surface area contributed by atoms with Gasteiger partial charge in [0.05, 0.1) is 12.1 Å². The SMILES string of the molecule is Cc1cccc(NC2(CO)CCC(C)CC2C)c1. The molecule has 0 heterocycles. The maximum absolute atomic E-state index is 9.87. The molecule has 0 saturated heterocycles. The molecule has 1 aliphatic rings. The zero-order valence-corrected chi connectivity index (χ0v) is 11.7. The Morgan fingerprint density at radius 2 is 2.17 bits per heavy atom. The number of hydrogen-bond donors (Lipinski definition) is 2. The van der Waals surface area contributed by atoms with Crippen molar-refractivity contribution >= 4 is 5.69 Å². The number of nitrogens with one attached hydrogen (secondary N) is 1. The predicted octanol–water partition coefficient (Wildman–Crippen LogP) is 3.59. The highest BCUT2D eigenvalue weighted by Crippen LogP contribution is 2.38. The van der Waals surface area contributed by atoms with Gasteiger partial charge in [0.2, 0.25) is 0 Å². The molecular weight excluding hydrogens is 222 g/mol. The summed E-state index contributed by atoms with van der Waals surface area (Å²) in [6, 6.07) is 8.42. The van der Waals surface area contributed by atoms with Crippen LogP contribution in [-0.2, 0) is 0 Å². The number of hydrogen-bond acceptors (Lipinski definition) is 2. The Morgan fingerprint density at radius 3 is 2.78 bits per heavy atom. The summed E-state index contributed by atoms with van der Waals surface area (Å²) < 4.78 is 0. The van der Waals surface area contributed by atoms with Gasteiger partial charge in [-0.1, -0.05) is 26.0 Å². The molecule has 1 aromatic rings. The number of aliphatic hydroxyl groups is 1. The fourth-order valence-electron chi connectivity index (χ4n) is 3.17. The Labute approximate surface area is 110 Å². The van der Waals surface area contributed by atoms with Crippen LogP contribution in [0, 0.1) is 18.8 Å². The Morgan fingerprint density at radius 1 is 1.39 bits per heavy atom. The molecule has 2 heteroatoms. The Bertz CT molecular complexity index is 404. The van der Waals surface area contributed by atoms with E-state index in [0.29, 0.717) is 5.92 Å². The van der Waals surface area contributed by atoms with Gasteiger partial charge in [-0.05, 0) is 55.7 Å².